The molecule has 0 amide bonds. The highest BCUT2D eigenvalue weighted by Crippen LogP contribution is 2.41. The molecule has 1 aliphatic heterocycles. The second kappa shape index (κ2) is 6.88. The van der Waals surface area contributed by atoms with Gasteiger partial charge in [0.15, 0.2) is 6.04 Å². The number of quaternary nitrogens is 2. The van der Waals surface area contributed by atoms with Gasteiger partial charge in [-0.05, 0) is 13.8 Å². The van der Waals surface area contributed by atoms with Gasteiger partial charge in [-0.1, -0.05) is 0 Å². The van der Waals surface area contributed by atoms with Crippen LogP contribution in [0.1, 0.15) is 13.8 Å². The Balaban J connectivity index is 0.00000106. The van der Waals surface area contributed by atoms with Gasteiger partial charge in [-0.3, -0.25) is 8.97 Å². The molecule has 0 N–H and O–H groups in total. The first-order valence-corrected chi connectivity index (χ1v) is 7.58. The van der Waals surface area contributed by atoms with Crippen LogP contribution in [0.4, 0.5) is 11.4 Å². The molecule has 3 atom stereocenters. The molecule has 4 nitrogen and oxygen atoms in total. The third kappa shape index (κ3) is 3.64. The van der Waals surface area contributed by atoms with E-state index in [9.17, 15) is 0 Å². The summed E-state index contributed by atoms with van der Waals surface area (Å²) in [6.45, 7) is 6.80. The maximum atomic E-state index is 8.25. The molecule has 4 heteroatoms. The molecule has 3 unspecified atom stereocenters. The lowest BCUT2D eigenvalue weighted by Crippen LogP contribution is -2.35. The number of hydrogen-bond acceptors (Lipinski definition) is 2. The highest BCUT2D eigenvalue weighted by Gasteiger charge is 2.58. The van der Waals surface area contributed by atoms with Crippen LogP contribution in [0.15, 0.2) is 24.3 Å². The van der Waals surface area contributed by atoms with Crippen molar-refractivity contribution >= 4 is 11.4 Å². The van der Waals surface area contributed by atoms with Crippen molar-refractivity contribution < 1.29 is 9.84 Å². The molecular weight excluding hydrogens is 264 g/mol. The Bertz CT molecular complexity index is 439. The summed E-state index contributed by atoms with van der Waals surface area (Å²) >= 11 is 0. The first-order valence-electron chi connectivity index (χ1n) is 7.58. The zero-order chi connectivity index (χ0) is 16.3. The van der Waals surface area contributed by atoms with E-state index in [-0.39, 0.29) is 0 Å². The average molecular weight is 295 g/mol. The first kappa shape index (κ1) is 18.1. The Morgan fingerprint density at radius 3 is 2.14 bits per heavy atom. The van der Waals surface area contributed by atoms with E-state index in [4.69, 9.17) is 9.84 Å². The predicted molar refractivity (Wildman–Crippen MR) is 89.4 cm³/mol. The summed E-state index contributed by atoms with van der Waals surface area (Å²) in [6.07, 6.45) is 0.332. The minimum atomic E-state index is 0.332. The normalized spacial score (nSPS) is 25.8. The number of nitrogens with zero attached hydrogens (tertiary/aromatic N) is 2. The number of rotatable bonds is 5. The van der Waals surface area contributed by atoms with Crippen molar-refractivity contribution in [3.05, 3.63) is 24.3 Å². The topological polar surface area (TPSA) is 32.3 Å². The fraction of sp³-hybridized carbons (Fsp3) is 0.647. The van der Waals surface area contributed by atoms with Crippen molar-refractivity contribution in [1.82, 2.24) is 8.97 Å². The Morgan fingerprint density at radius 1 is 1.24 bits per heavy atom. The summed E-state index contributed by atoms with van der Waals surface area (Å²) in [5.41, 5.74) is 2.77. The molecule has 21 heavy (non-hydrogen) atoms. The molecule has 0 aromatic heterocycles. The van der Waals surface area contributed by atoms with E-state index in [1.165, 1.54) is 17.9 Å². The van der Waals surface area contributed by atoms with E-state index in [2.05, 4.69) is 59.3 Å². The lowest BCUT2D eigenvalue weighted by atomic mass is 10.2. The zero-order valence-corrected chi connectivity index (χ0v) is 14.6. The second-order valence-corrected chi connectivity index (χ2v) is 6.57. The number of ether oxygens (including phenoxy) is 1. The second-order valence-electron chi connectivity index (χ2n) is 6.57. The minimum absolute atomic E-state index is 0.332. The van der Waals surface area contributed by atoms with Crippen molar-refractivity contribution in [3.8, 4) is 0 Å². The molecule has 1 aliphatic rings. The largest absolute Gasteiger partial charge is 0.857 e. The highest BCUT2D eigenvalue weighted by atomic mass is 16.5. The van der Waals surface area contributed by atoms with Crippen LogP contribution in [0, 0.1) is 0 Å². The highest BCUT2D eigenvalue weighted by molar-refractivity contribution is 5.55. The molecule has 1 aromatic rings. The van der Waals surface area contributed by atoms with Gasteiger partial charge in [0.25, 0.3) is 0 Å². The van der Waals surface area contributed by atoms with E-state index in [0.717, 1.165) is 22.6 Å². The van der Waals surface area contributed by atoms with Crippen molar-refractivity contribution in [3.63, 3.8) is 0 Å². The molecule has 0 spiro atoms. The first-order chi connectivity index (χ1) is 9.85. The standard InChI is InChI=1S/C16H28N2O.CH3O/c1-7-18(12-16(18)13(2)19-6)15-10-8-14(9-11-15)17(3,4)5;1-2/h8-11,13,16H,7,12H2,1-6H3;1H3/q+2;-1. The number of benzene rings is 1. The Morgan fingerprint density at radius 2 is 1.76 bits per heavy atom. The monoisotopic (exact) mass is 295 g/mol. The lowest BCUT2D eigenvalue weighted by molar-refractivity contribution is -0.325. The van der Waals surface area contributed by atoms with Gasteiger partial charge < -0.3 is 9.84 Å². The van der Waals surface area contributed by atoms with Gasteiger partial charge in [0, 0.05) is 31.4 Å². The van der Waals surface area contributed by atoms with Crippen molar-refractivity contribution in [2.75, 3.05) is 48.5 Å². The van der Waals surface area contributed by atoms with Crippen molar-refractivity contribution in [1.29, 1.82) is 0 Å². The van der Waals surface area contributed by atoms with Gasteiger partial charge in [-0.25, -0.2) is 0 Å². The van der Waals surface area contributed by atoms with Crippen molar-refractivity contribution in [2.24, 2.45) is 0 Å². The third-order valence-corrected chi connectivity index (χ3v) is 4.63. The van der Waals surface area contributed by atoms with Crippen LogP contribution < -0.4 is 14.1 Å². The predicted octanol–water partition coefficient (Wildman–Crippen LogP) is 1.60. The molecule has 0 saturated carbocycles. The summed E-state index contributed by atoms with van der Waals surface area (Å²) in [5.74, 6) is 0. The zero-order valence-electron chi connectivity index (χ0n) is 14.6. The Hall–Kier alpha value is -0.940. The van der Waals surface area contributed by atoms with Crippen LogP contribution in [-0.2, 0) is 4.74 Å². The van der Waals surface area contributed by atoms with Crippen molar-refractivity contribution in [2.45, 2.75) is 26.0 Å². The minimum Gasteiger partial charge on any atom is -0.857 e. The van der Waals surface area contributed by atoms with E-state index >= 15 is 0 Å². The van der Waals surface area contributed by atoms with Crippen LogP contribution in [0.25, 0.3) is 0 Å². The molecular formula is C17H31N2O2+. The molecule has 1 aromatic carbocycles. The summed E-state index contributed by atoms with van der Waals surface area (Å²) < 4.78 is 7.45. The van der Waals surface area contributed by atoms with E-state index in [1.54, 1.807) is 0 Å². The van der Waals surface area contributed by atoms with Crippen LogP contribution in [-0.4, -0.2) is 60.6 Å². The van der Waals surface area contributed by atoms with Gasteiger partial charge >= 0.3 is 0 Å². The van der Waals surface area contributed by atoms with E-state index < -0.39 is 0 Å². The maximum absolute atomic E-state index is 8.25. The number of methoxy groups -OCH3 is 1. The lowest BCUT2D eigenvalue weighted by Gasteiger charge is -2.25. The maximum Gasteiger partial charge on any atom is 0.170 e. The van der Waals surface area contributed by atoms with E-state index in [0.29, 0.717) is 12.1 Å². The van der Waals surface area contributed by atoms with Gasteiger partial charge in [0.05, 0.1) is 27.7 Å². The SMILES string of the molecule is CC[N+]1(c2ccc([N+](C)(C)C)cc2)CC1C(C)OC.C[O-]. The van der Waals surface area contributed by atoms with Gasteiger partial charge in [-0.15, -0.1) is 0 Å². The van der Waals surface area contributed by atoms with Crippen LogP contribution >= 0.6 is 0 Å². The van der Waals surface area contributed by atoms with Crippen LogP contribution in [0.2, 0.25) is 0 Å². The molecule has 0 aliphatic carbocycles. The van der Waals surface area contributed by atoms with E-state index in [1.807, 2.05) is 7.11 Å². The molecule has 120 valence electrons. The Labute approximate surface area is 129 Å². The molecule has 1 saturated heterocycles. The Kier molecular flexibility index (Phi) is 5.93. The summed E-state index contributed by atoms with van der Waals surface area (Å²) in [6, 6.07) is 9.73. The summed E-state index contributed by atoms with van der Waals surface area (Å²) in [4.78, 5) is 0. The van der Waals surface area contributed by atoms with Crippen LogP contribution in [0.5, 0.6) is 0 Å². The van der Waals surface area contributed by atoms with Crippen LogP contribution in [0.3, 0.4) is 0 Å². The molecule has 1 fully saturated rings. The fourth-order valence-corrected chi connectivity index (χ4v) is 3.03. The molecule has 0 bridgehead atoms. The third-order valence-electron chi connectivity index (χ3n) is 4.63. The number of hydrogen-bond donors (Lipinski definition) is 0. The molecule has 2 rings (SSSR count). The van der Waals surface area contributed by atoms with Gasteiger partial charge in [-0.2, -0.15) is 7.11 Å². The van der Waals surface area contributed by atoms with Gasteiger partial charge in [0.2, 0.25) is 0 Å². The molecule has 1 heterocycles. The quantitative estimate of drug-likeness (QED) is 0.610. The molecule has 0 radical (unpaired) electrons. The smallest absolute Gasteiger partial charge is 0.170 e. The number of likely N-dealkylation sites (N-methyl/N-ethyl adjacent to an activating group) is 1. The average Bonchev–Trinajstić information content (AvgIpc) is 3.24. The van der Waals surface area contributed by atoms with Gasteiger partial charge in [0.1, 0.15) is 24.0 Å². The fourth-order valence-electron chi connectivity index (χ4n) is 3.03. The summed E-state index contributed by atoms with van der Waals surface area (Å²) in [5, 5.41) is 8.25. The summed E-state index contributed by atoms with van der Waals surface area (Å²) in [7, 11) is 9.17.